The minimum absolute atomic E-state index is 0.318. The topological polar surface area (TPSA) is 27.7 Å². The van der Waals surface area contributed by atoms with Crippen LogP contribution in [0.15, 0.2) is 18.2 Å². The molecule has 3 nitrogen and oxygen atoms in total. The van der Waals surface area contributed by atoms with E-state index in [0.717, 1.165) is 18.6 Å². The van der Waals surface area contributed by atoms with Crippen LogP contribution >= 0.6 is 0 Å². The Kier molecular flexibility index (Phi) is 4.78. The molecule has 0 spiro atoms. The zero-order valence-electron chi connectivity index (χ0n) is 12.1. The Morgan fingerprint density at radius 1 is 1.19 bits per heavy atom. The van der Waals surface area contributed by atoms with Crippen LogP contribution in [0, 0.1) is 0 Å². The quantitative estimate of drug-likeness (QED) is 0.819. The second-order valence-electron chi connectivity index (χ2n) is 4.84. The first-order valence-electron chi connectivity index (χ1n) is 7.05. The van der Waals surface area contributed by atoms with Gasteiger partial charge in [-0.2, -0.15) is 13.2 Å². The number of hydrogen-bond donors (Lipinski definition) is 0. The Bertz CT molecular complexity index is 480. The Labute approximate surface area is 122 Å². The zero-order chi connectivity index (χ0) is 15.5. The summed E-state index contributed by atoms with van der Waals surface area (Å²) in [5.41, 5.74) is -0.408. The van der Waals surface area contributed by atoms with Gasteiger partial charge in [0, 0.05) is 6.42 Å². The van der Waals surface area contributed by atoms with Crippen molar-refractivity contribution in [3.8, 4) is 5.75 Å². The first kappa shape index (κ1) is 16.1. The van der Waals surface area contributed by atoms with E-state index in [9.17, 15) is 13.2 Å². The van der Waals surface area contributed by atoms with E-state index in [1.54, 1.807) is 6.92 Å². The second kappa shape index (κ2) is 6.23. The van der Waals surface area contributed by atoms with Gasteiger partial charge in [-0.1, -0.05) is 13.3 Å². The van der Waals surface area contributed by atoms with Gasteiger partial charge in [0.25, 0.3) is 0 Å². The summed E-state index contributed by atoms with van der Waals surface area (Å²) in [6, 6.07) is 3.43. The maximum Gasteiger partial charge on any atom is 0.416 e. The van der Waals surface area contributed by atoms with Crippen molar-refractivity contribution in [1.29, 1.82) is 0 Å². The molecule has 0 bridgehead atoms. The minimum Gasteiger partial charge on any atom is -0.493 e. The first-order chi connectivity index (χ1) is 9.93. The summed E-state index contributed by atoms with van der Waals surface area (Å²) in [4.78, 5) is 0. The fraction of sp³-hybridized carbons (Fsp3) is 0.600. The van der Waals surface area contributed by atoms with Crippen LogP contribution in [0.3, 0.4) is 0 Å². The van der Waals surface area contributed by atoms with Crippen LogP contribution in [0.5, 0.6) is 5.75 Å². The lowest BCUT2D eigenvalue weighted by atomic mass is 9.97. The molecule has 2 rings (SSSR count). The second-order valence-corrected chi connectivity index (χ2v) is 4.84. The minimum atomic E-state index is -4.41. The summed E-state index contributed by atoms with van der Waals surface area (Å²) in [6.45, 7) is 4.80. The predicted molar refractivity (Wildman–Crippen MR) is 71.1 cm³/mol. The normalized spacial score (nSPS) is 18.0. The van der Waals surface area contributed by atoms with Crippen LogP contribution in [-0.4, -0.2) is 19.8 Å². The Balaban J connectivity index is 2.51. The molecule has 1 heterocycles. The zero-order valence-corrected chi connectivity index (χ0v) is 12.1. The molecular formula is C15H19F3O3. The van der Waals surface area contributed by atoms with Crippen molar-refractivity contribution in [2.24, 2.45) is 0 Å². The third-order valence-electron chi connectivity index (χ3n) is 3.35. The molecule has 1 aromatic carbocycles. The monoisotopic (exact) mass is 304 g/mol. The molecule has 0 unspecified atom stereocenters. The van der Waals surface area contributed by atoms with E-state index in [2.05, 4.69) is 0 Å². The van der Waals surface area contributed by atoms with Crippen LogP contribution in [0.4, 0.5) is 13.2 Å². The maximum atomic E-state index is 13.0. The molecular weight excluding hydrogens is 285 g/mol. The molecule has 0 radical (unpaired) electrons. The van der Waals surface area contributed by atoms with Crippen LogP contribution in [0.2, 0.25) is 0 Å². The van der Waals surface area contributed by atoms with Crippen molar-refractivity contribution in [3.63, 3.8) is 0 Å². The highest BCUT2D eigenvalue weighted by Crippen LogP contribution is 2.43. The third-order valence-corrected chi connectivity index (χ3v) is 3.35. The van der Waals surface area contributed by atoms with Crippen LogP contribution in [-0.2, 0) is 21.4 Å². The molecule has 21 heavy (non-hydrogen) atoms. The molecule has 1 aromatic rings. The van der Waals surface area contributed by atoms with Gasteiger partial charge in [0.1, 0.15) is 5.75 Å². The van der Waals surface area contributed by atoms with Gasteiger partial charge in [-0.05, 0) is 25.1 Å². The number of halogens is 3. The highest BCUT2D eigenvalue weighted by molar-refractivity contribution is 5.41. The van der Waals surface area contributed by atoms with Gasteiger partial charge < -0.3 is 14.2 Å². The van der Waals surface area contributed by atoms with E-state index in [1.165, 1.54) is 6.07 Å². The summed E-state index contributed by atoms with van der Waals surface area (Å²) >= 11 is 0. The van der Waals surface area contributed by atoms with Crippen molar-refractivity contribution in [2.45, 2.75) is 38.7 Å². The molecule has 0 atom stereocenters. The average molecular weight is 304 g/mol. The van der Waals surface area contributed by atoms with Crippen molar-refractivity contribution < 1.29 is 27.4 Å². The van der Waals surface area contributed by atoms with Gasteiger partial charge in [-0.3, -0.25) is 0 Å². The van der Waals surface area contributed by atoms with E-state index >= 15 is 0 Å². The fourth-order valence-electron chi connectivity index (χ4n) is 2.50. The summed E-state index contributed by atoms with van der Waals surface area (Å²) in [5, 5.41) is 0. The van der Waals surface area contributed by atoms with Crippen LogP contribution in [0.1, 0.15) is 37.8 Å². The van der Waals surface area contributed by atoms with Crippen molar-refractivity contribution in [3.05, 3.63) is 29.3 Å². The Morgan fingerprint density at radius 3 is 2.38 bits per heavy atom. The van der Waals surface area contributed by atoms with E-state index < -0.39 is 17.5 Å². The largest absolute Gasteiger partial charge is 0.493 e. The van der Waals surface area contributed by atoms with E-state index in [-0.39, 0.29) is 0 Å². The van der Waals surface area contributed by atoms with E-state index in [4.69, 9.17) is 14.2 Å². The van der Waals surface area contributed by atoms with Gasteiger partial charge in [0.15, 0.2) is 5.79 Å². The highest BCUT2D eigenvalue weighted by Gasteiger charge is 2.42. The average Bonchev–Trinajstić information content (AvgIpc) is 2.88. The predicted octanol–water partition coefficient (Wildman–Crippen LogP) is 4.10. The molecule has 0 saturated carbocycles. The lowest BCUT2D eigenvalue weighted by Gasteiger charge is -2.29. The summed E-state index contributed by atoms with van der Waals surface area (Å²) < 4.78 is 55.6. The summed E-state index contributed by atoms with van der Waals surface area (Å²) in [6.07, 6.45) is -3.21. The SMILES string of the molecule is CCCC1(c2cc(C(F)(F)F)ccc2OCC)OCCO1. The maximum absolute atomic E-state index is 13.0. The van der Waals surface area contributed by atoms with Gasteiger partial charge in [0.2, 0.25) is 0 Å². The summed E-state index contributed by atoms with van der Waals surface area (Å²) in [5.74, 6) is -0.763. The van der Waals surface area contributed by atoms with Gasteiger partial charge in [-0.15, -0.1) is 0 Å². The van der Waals surface area contributed by atoms with Crippen LogP contribution < -0.4 is 4.74 Å². The molecule has 0 aliphatic carbocycles. The van der Waals surface area contributed by atoms with Crippen molar-refractivity contribution in [1.82, 2.24) is 0 Å². The number of benzene rings is 1. The number of hydrogen-bond acceptors (Lipinski definition) is 3. The number of rotatable bonds is 5. The highest BCUT2D eigenvalue weighted by atomic mass is 19.4. The van der Waals surface area contributed by atoms with Crippen molar-refractivity contribution >= 4 is 0 Å². The molecule has 0 amide bonds. The molecule has 1 aliphatic rings. The number of alkyl halides is 3. The molecule has 1 aliphatic heterocycles. The van der Waals surface area contributed by atoms with Crippen molar-refractivity contribution in [2.75, 3.05) is 19.8 Å². The lowest BCUT2D eigenvalue weighted by molar-refractivity contribution is -0.172. The van der Waals surface area contributed by atoms with E-state index in [1.807, 2.05) is 6.92 Å². The molecule has 0 N–H and O–H groups in total. The third kappa shape index (κ3) is 3.32. The van der Waals surface area contributed by atoms with Gasteiger partial charge in [0.05, 0.1) is 30.9 Å². The molecule has 6 heteroatoms. The molecule has 1 saturated heterocycles. The molecule has 1 fully saturated rings. The Morgan fingerprint density at radius 2 is 1.86 bits per heavy atom. The van der Waals surface area contributed by atoms with Gasteiger partial charge in [-0.25, -0.2) is 0 Å². The number of ether oxygens (including phenoxy) is 3. The molecule has 118 valence electrons. The lowest BCUT2D eigenvalue weighted by Crippen LogP contribution is -2.28. The smallest absolute Gasteiger partial charge is 0.416 e. The first-order valence-corrected chi connectivity index (χ1v) is 7.05. The fourth-order valence-corrected chi connectivity index (χ4v) is 2.50. The Hall–Kier alpha value is -1.27. The standard InChI is InChI=1S/C15H19F3O3/c1-3-7-14(20-8-9-21-14)12-10-11(15(16,17)18)5-6-13(12)19-4-2/h5-6,10H,3-4,7-9H2,1-2H3. The van der Waals surface area contributed by atoms with E-state index in [0.29, 0.717) is 37.6 Å². The summed E-state index contributed by atoms with van der Waals surface area (Å²) in [7, 11) is 0. The molecule has 0 aromatic heterocycles. The van der Waals surface area contributed by atoms with Crippen LogP contribution in [0.25, 0.3) is 0 Å². The van der Waals surface area contributed by atoms with Gasteiger partial charge >= 0.3 is 6.18 Å².